The average molecular weight is 223 g/mol. The van der Waals surface area contributed by atoms with Crippen LogP contribution >= 0.6 is 0 Å². The predicted octanol–water partition coefficient (Wildman–Crippen LogP) is 4.10. The van der Waals surface area contributed by atoms with Gasteiger partial charge in [0.15, 0.2) is 0 Å². The molecule has 0 bridgehead atoms. The van der Waals surface area contributed by atoms with Gasteiger partial charge >= 0.3 is 0 Å². The molecule has 0 fully saturated rings. The molecular weight excluding hydrogens is 194 g/mol. The summed E-state index contributed by atoms with van der Waals surface area (Å²) < 4.78 is 0. The van der Waals surface area contributed by atoms with Crippen LogP contribution in [0.3, 0.4) is 0 Å². The molecule has 0 aromatic heterocycles. The van der Waals surface area contributed by atoms with Crippen molar-refractivity contribution in [3.8, 4) is 0 Å². The van der Waals surface area contributed by atoms with Gasteiger partial charge in [0.2, 0.25) is 0 Å². The predicted molar refractivity (Wildman–Crippen MR) is 72.7 cm³/mol. The first-order valence-corrected chi connectivity index (χ1v) is 7.02. The van der Waals surface area contributed by atoms with E-state index in [0.717, 1.165) is 18.4 Å². The fraction of sp³-hybridized carbons (Fsp3) is 0.867. The molecule has 0 spiro atoms. The molecule has 16 heavy (non-hydrogen) atoms. The van der Waals surface area contributed by atoms with Crippen LogP contribution in [0.5, 0.6) is 0 Å². The lowest BCUT2D eigenvalue weighted by atomic mass is 9.93. The molecule has 1 rings (SSSR count). The zero-order chi connectivity index (χ0) is 11.8. The largest absolute Gasteiger partial charge is 0.302 e. The molecule has 1 aliphatic rings. The van der Waals surface area contributed by atoms with Gasteiger partial charge in [-0.3, -0.25) is 0 Å². The van der Waals surface area contributed by atoms with E-state index in [0.29, 0.717) is 0 Å². The van der Waals surface area contributed by atoms with Crippen LogP contribution in [0.15, 0.2) is 12.2 Å². The Morgan fingerprint density at radius 1 is 1.25 bits per heavy atom. The van der Waals surface area contributed by atoms with Crippen LogP contribution in [-0.4, -0.2) is 25.0 Å². The number of hydrogen-bond donors (Lipinski definition) is 0. The van der Waals surface area contributed by atoms with E-state index in [-0.39, 0.29) is 0 Å². The maximum atomic E-state index is 2.46. The topological polar surface area (TPSA) is 3.24 Å². The van der Waals surface area contributed by atoms with Crippen molar-refractivity contribution < 1.29 is 0 Å². The first-order valence-electron chi connectivity index (χ1n) is 7.02. The average Bonchev–Trinajstić information content (AvgIpc) is 2.19. The lowest BCUT2D eigenvalue weighted by Crippen LogP contribution is -2.27. The number of hydrogen-bond acceptors (Lipinski definition) is 1. The Labute approximate surface area is 102 Å². The van der Waals surface area contributed by atoms with Gasteiger partial charge in [-0.25, -0.2) is 0 Å². The summed E-state index contributed by atoms with van der Waals surface area (Å²) in [6.07, 6.45) is 13.1. The van der Waals surface area contributed by atoms with Gasteiger partial charge in [0.25, 0.3) is 0 Å². The molecule has 0 unspecified atom stereocenters. The van der Waals surface area contributed by atoms with Crippen LogP contribution in [0.1, 0.15) is 52.4 Å². The molecule has 1 aliphatic heterocycles. The molecule has 0 saturated carbocycles. The number of unbranched alkanes of at least 4 members (excludes halogenated alkanes) is 1. The molecule has 0 aromatic rings. The lowest BCUT2D eigenvalue weighted by Gasteiger charge is -2.24. The molecule has 0 saturated heterocycles. The maximum Gasteiger partial charge on any atom is 0.0160 e. The Bertz CT molecular complexity index is 196. The van der Waals surface area contributed by atoms with Crippen molar-refractivity contribution in [2.75, 3.05) is 20.1 Å². The van der Waals surface area contributed by atoms with E-state index in [1.165, 1.54) is 45.1 Å². The van der Waals surface area contributed by atoms with E-state index in [2.05, 4.69) is 37.9 Å². The summed E-state index contributed by atoms with van der Waals surface area (Å²) in [4.78, 5) is 2.46. The normalized spacial score (nSPS) is 25.4. The van der Waals surface area contributed by atoms with Crippen LogP contribution in [0.25, 0.3) is 0 Å². The summed E-state index contributed by atoms with van der Waals surface area (Å²) in [5.41, 5.74) is 0. The highest BCUT2D eigenvalue weighted by atomic mass is 15.1. The molecule has 0 aliphatic carbocycles. The quantitative estimate of drug-likeness (QED) is 0.501. The Morgan fingerprint density at radius 3 is 2.81 bits per heavy atom. The van der Waals surface area contributed by atoms with Gasteiger partial charge in [-0.05, 0) is 38.1 Å². The van der Waals surface area contributed by atoms with Crippen LogP contribution in [0.4, 0.5) is 0 Å². The van der Waals surface area contributed by atoms with E-state index in [4.69, 9.17) is 0 Å². The third-order valence-electron chi connectivity index (χ3n) is 3.54. The van der Waals surface area contributed by atoms with Crippen molar-refractivity contribution in [1.29, 1.82) is 0 Å². The second-order valence-electron chi connectivity index (χ2n) is 5.81. The van der Waals surface area contributed by atoms with Crippen molar-refractivity contribution in [2.24, 2.45) is 11.8 Å². The third-order valence-corrected chi connectivity index (χ3v) is 3.54. The zero-order valence-electron chi connectivity index (χ0n) is 11.4. The van der Waals surface area contributed by atoms with E-state index in [1.54, 1.807) is 0 Å². The molecular formula is C15H29N. The number of likely N-dealkylation sites (N-methyl/N-ethyl adjacent to an activating group) is 1. The van der Waals surface area contributed by atoms with Crippen LogP contribution in [0.2, 0.25) is 0 Å². The van der Waals surface area contributed by atoms with Gasteiger partial charge in [-0.15, -0.1) is 0 Å². The minimum absolute atomic E-state index is 0.878. The summed E-state index contributed by atoms with van der Waals surface area (Å²) in [7, 11) is 2.25. The van der Waals surface area contributed by atoms with Crippen LogP contribution in [-0.2, 0) is 0 Å². The number of allylic oxidation sites excluding steroid dienone is 1. The van der Waals surface area contributed by atoms with Gasteiger partial charge in [0.1, 0.15) is 0 Å². The molecule has 0 amide bonds. The number of nitrogens with zero attached hydrogens (tertiary/aromatic N) is 1. The van der Waals surface area contributed by atoms with E-state index >= 15 is 0 Å². The summed E-state index contributed by atoms with van der Waals surface area (Å²) in [6, 6.07) is 0. The SMILES string of the molecule is CC(C)CCCC[C@H]1CC/C=C\CN(C)C1. The molecule has 1 nitrogen and oxygen atoms in total. The first kappa shape index (κ1) is 13.8. The van der Waals surface area contributed by atoms with Gasteiger partial charge in [0, 0.05) is 13.1 Å². The van der Waals surface area contributed by atoms with E-state index in [9.17, 15) is 0 Å². The van der Waals surface area contributed by atoms with Crippen molar-refractivity contribution >= 4 is 0 Å². The molecule has 0 radical (unpaired) electrons. The fourth-order valence-corrected chi connectivity index (χ4v) is 2.53. The Kier molecular flexibility index (Phi) is 6.79. The van der Waals surface area contributed by atoms with Crippen LogP contribution < -0.4 is 0 Å². The summed E-state index contributed by atoms with van der Waals surface area (Å²) in [6.45, 7) is 7.09. The lowest BCUT2D eigenvalue weighted by molar-refractivity contribution is 0.268. The molecule has 1 heterocycles. The molecule has 0 N–H and O–H groups in total. The summed E-state index contributed by atoms with van der Waals surface area (Å²) in [5, 5.41) is 0. The Morgan fingerprint density at radius 2 is 2.06 bits per heavy atom. The maximum absolute atomic E-state index is 2.46. The minimum atomic E-state index is 0.878. The molecule has 1 heteroatoms. The zero-order valence-corrected chi connectivity index (χ0v) is 11.4. The van der Waals surface area contributed by atoms with E-state index < -0.39 is 0 Å². The third kappa shape index (κ3) is 6.32. The van der Waals surface area contributed by atoms with Gasteiger partial charge in [-0.2, -0.15) is 0 Å². The van der Waals surface area contributed by atoms with Gasteiger partial charge in [-0.1, -0.05) is 45.3 Å². The molecule has 0 aromatic carbocycles. The highest BCUT2D eigenvalue weighted by Gasteiger charge is 2.12. The minimum Gasteiger partial charge on any atom is -0.302 e. The summed E-state index contributed by atoms with van der Waals surface area (Å²) >= 11 is 0. The Balaban J connectivity index is 2.16. The fourth-order valence-electron chi connectivity index (χ4n) is 2.53. The van der Waals surface area contributed by atoms with Gasteiger partial charge < -0.3 is 4.90 Å². The monoisotopic (exact) mass is 223 g/mol. The number of rotatable bonds is 5. The summed E-state index contributed by atoms with van der Waals surface area (Å²) in [5.74, 6) is 1.81. The van der Waals surface area contributed by atoms with Crippen molar-refractivity contribution in [1.82, 2.24) is 4.90 Å². The second kappa shape index (κ2) is 7.89. The highest BCUT2D eigenvalue weighted by molar-refractivity contribution is 4.87. The van der Waals surface area contributed by atoms with Crippen LogP contribution in [0, 0.1) is 11.8 Å². The molecule has 94 valence electrons. The smallest absolute Gasteiger partial charge is 0.0160 e. The van der Waals surface area contributed by atoms with Gasteiger partial charge in [0.05, 0.1) is 0 Å². The standard InChI is InChI=1S/C15H29N/c1-14(2)9-6-7-11-15-10-5-4-8-12-16(3)13-15/h4,8,14-15H,5-7,9-13H2,1-3H3/b8-4-/t15-/m1/s1. The van der Waals surface area contributed by atoms with Crippen molar-refractivity contribution in [2.45, 2.75) is 52.4 Å². The first-order chi connectivity index (χ1) is 7.68. The highest BCUT2D eigenvalue weighted by Crippen LogP contribution is 2.19. The second-order valence-corrected chi connectivity index (χ2v) is 5.81. The molecule has 1 atom stereocenters. The van der Waals surface area contributed by atoms with Crippen molar-refractivity contribution in [3.63, 3.8) is 0 Å². The Hall–Kier alpha value is -0.300. The van der Waals surface area contributed by atoms with E-state index in [1.807, 2.05) is 0 Å². The van der Waals surface area contributed by atoms with Crippen molar-refractivity contribution in [3.05, 3.63) is 12.2 Å².